The van der Waals surface area contributed by atoms with Gasteiger partial charge in [0.05, 0.1) is 37.0 Å². The van der Waals surface area contributed by atoms with Crippen molar-refractivity contribution in [2.75, 3.05) is 25.5 Å². The standard InChI is InChI=1S/C23H24F4N8O2/c1-12(36)33-7-5-16(14(24)10-33)28-23-29-22(37-2)21-20(15(25)11-35(21)31-23)13-3-4-17-18(9-13)34(32-30-17)8-6-19(26)27/h3-4,9,11,14,16,19H,5-8,10H2,1-2H3,(H,28,31)/t14-,16+/m1/s1/i1D3. The summed E-state index contributed by atoms with van der Waals surface area (Å²) >= 11 is 0. The predicted molar refractivity (Wildman–Crippen MR) is 126 cm³/mol. The number of carbonyl (C=O) groups is 1. The van der Waals surface area contributed by atoms with E-state index in [4.69, 9.17) is 8.85 Å². The molecule has 4 aromatic rings. The molecule has 0 aliphatic carbocycles. The van der Waals surface area contributed by atoms with Crippen LogP contribution in [-0.2, 0) is 11.3 Å². The highest BCUT2D eigenvalue weighted by atomic mass is 19.3. The van der Waals surface area contributed by atoms with Gasteiger partial charge in [0, 0.05) is 30.5 Å². The number of aromatic nitrogens is 6. The van der Waals surface area contributed by atoms with Crippen molar-refractivity contribution < 1.29 is 31.2 Å². The second kappa shape index (κ2) is 9.82. The van der Waals surface area contributed by atoms with E-state index < -0.39 is 50.2 Å². The average molecular weight is 524 g/mol. The van der Waals surface area contributed by atoms with Gasteiger partial charge < -0.3 is 15.0 Å². The fourth-order valence-corrected chi connectivity index (χ4v) is 4.42. The van der Waals surface area contributed by atoms with E-state index in [0.29, 0.717) is 16.6 Å². The van der Waals surface area contributed by atoms with Gasteiger partial charge in [-0.1, -0.05) is 11.3 Å². The summed E-state index contributed by atoms with van der Waals surface area (Å²) in [5.41, 5.74) is 1.53. The lowest BCUT2D eigenvalue weighted by molar-refractivity contribution is -0.131. The molecule has 37 heavy (non-hydrogen) atoms. The van der Waals surface area contributed by atoms with Crippen LogP contribution in [0.5, 0.6) is 5.88 Å². The molecule has 10 nitrogen and oxygen atoms in total. The van der Waals surface area contributed by atoms with Crippen molar-refractivity contribution in [2.24, 2.45) is 0 Å². The number of likely N-dealkylation sites (tertiary alicyclic amines) is 1. The predicted octanol–water partition coefficient (Wildman–Crippen LogP) is 3.31. The van der Waals surface area contributed by atoms with Crippen LogP contribution in [0.4, 0.5) is 23.5 Å². The SMILES string of the molecule is [2H]C([2H])([2H])C(=O)N1CC[C@H](Nc2nc(OC)c3c(-c4ccc5nnn(CCC(F)F)c5c4)c(F)cn3n2)[C@H](F)C1. The molecule has 1 aliphatic heterocycles. The van der Waals surface area contributed by atoms with Gasteiger partial charge in [0.2, 0.25) is 24.2 Å². The van der Waals surface area contributed by atoms with Gasteiger partial charge in [-0.15, -0.1) is 10.2 Å². The number of aryl methyl sites for hydroxylation is 1. The van der Waals surface area contributed by atoms with E-state index in [1.165, 1.54) is 16.3 Å². The number of nitrogens with zero attached hydrogens (tertiary/aromatic N) is 7. The Morgan fingerprint density at radius 1 is 1.38 bits per heavy atom. The number of hydrogen-bond donors (Lipinski definition) is 1. The normalized spacial score (nSPS) is 19.7. The van der Waals surface area contributed by atoms with E-state index in [2.05, 4.69) is 25.7 Å². The van der Waals surface area contributed by atoms with Crippen molar-refractivity contribution in [3.8, 4) is 17.0 Å². The molecule has 0 unspecified atom stereocenters. The minimum absolute atomic E-state index is 0.0161. The van der Waals surface area contributed by atoms with Crippen LogP contribution in [0.25, 0.3) is 27.7 Å². The molecule has 1 saturated heterocycles. The lowest BCUT2D eigenvalue weighted by Gasteiger charge is -2.34. The zero-order chi connectivity index (χ0) is 28.8. The second-order valence-corrected chi connectivity index (χ2v) is 8.59. The topological polar surface area (TPSA) is 102 Å². The van der Waals surface area contributed by atoms with Gasteiger partial charge in [-0.25, -0.2) is 26.8 Å². The molecule has 0 spiro atoms. The Morgan fingerprint density at radius 2 is 2.22 bits per heavy atom. The fraction of sp³-hybridized carbons (Fsp3) is 0.435. The number of carbonyl (C=O) groups excluding carboxylic acids is 1. The maximum Gasteiger partial charge on any atom is 0.244 e. The van der Waals surface area contributed by atoms with Crippen LogP contribution >= 0.6 is 0 Å². The number of halogens is 4. The first-order valence-electron chi connectivity index (χ1n) is 12.9. The molecule has 1 N–H and O–H groups in total. The van der Waals surface area contributed by atoms with Gasteiger partial charge in [0.1, 0.15) is 17.2 Å². The Kier molecular flexibility index (Phi) is 5.61. The van der Waals surface area contributed by atoms with Gasteiger partial charge in [0.15, 0.2) is 5.82 Å². The summed E-state index contributed by atoms with van der Waals surface area (Å²) in [7, 11) is 1.32. The minimum atomic E-state index is -2.86. The lowest BCUT2D eigenvalue weighted by Crippen LogP contribution is -2.49. The zero-order valence-electron chi connectivity index (χ0n) is 22.5. The van der Waals surface area contributed by atoms with Gasteiger partial charge >= 0.3 is 0 Å². The van der Waals surface area contributed by atoms with Crippen molar-refractivity contribution in [1.29, 1.82) is 0 Å². The van der Waals surface area contributed by atoms with Crippen LogP contribution in [-0.4, -0.2) is 79.2 Å². The third kappa shape index (κ3) is 4.74. The number of anilines is 1. The molecule has 1 amide bonds. The Labute approximate surface area is 212 Å². The third-order valence-electron chi connectivity index (χ3n) is 6.25. The number of hydrogen-bond acceptors (Lipinski definition) is 7. The molecule has 0 bridgehead atoms. The Balaban J connectivity index is 1.44. The van der Waals surface area contributed by atoms with E-state index in [1.807, 2.05) is 0 Å². The number of fused-ring (bicyclic) bond motifs is 2. The Morgan fingerprint density at radius 3 is 2.95 bits per heavy atom. The van der Waals surface area contributed by atoms with E-state index in [9.17, 15) is 18.0 Å². The maximum atomic E-state index is 15.3. The van der Waals surface area contributed by atoms with Gasteiger partial charge in [-0.05, 0) is 24.1 Å². The van der Waals surface area contributed by atoms with Gasteiger partial charge in [0.25, 0.3) is 0 Å². The van der Waals surface area contributed by atoms with Crippen molar-refractivity contribution >= 4 is 28.4 Å². The largest absolute Gasteiger partial charge is 0.479 e. The van der Waals surface area contributed by atoms with Crippen molar-refractivity contribution in [2.45, 2.75) is 44.9 Å². The summed E-state index contributed by atoms with van der Waals surface area (Å²) in [6, 6.07) is 3.92. The fourth-order valence-electron chi connectivity index (χ4n) is 4.42. The highest BCUT2D eigenvalue weighted by Crippen LogP contribution is 2.35. The molecule has 2 atom stereocenters. The quantitative estimate of drug-likeness (QED) is 0.371. The second-order valence-electron chi connectivity index (χ2n) is 8.59. The van der Waals surface area contributed by atoms with Gasteiger partial charge in [-0.2, -0.15) is 4.98 Å². The Bertz CT molecular complexity index is 1560. The molecule has 14 heteroatoms. The average Bonchev–Trinajstić information content (AvgIpc) is 3.46. The first kappa shape index (κ1) is 21.1. The maximum absolute atomic E-state index is 15.3. The van der Waals surface area contributed by atoms with Gasteiger partial charge in [-0.3, -0.25) is 4.79 Å². The molecule has 196 valence electrons. The molecule has 1 fully saturated rings. The van der Waals surface area contributed by atoms with Crippen LogP contribution in [0.3, 0.4) is 0 Å². The molecule has 1 aromatic carbocycles. The monoisotopic (exact) mass is 523 g/mol. The Hall–Kier alpha value is -3.97. The first-order valence-corrected chi connectivity index (χ1v) is 11.4. The van der Waals surface area contributed by atoms with E-state index >= 15 is 4.39 Å². The van der Waals surface area contributed by atoms with Crippen LogP contribution < -0.4 is 10.1 Å². The van der Waals surface area contributed by atoms with Crippen molar-refractivity contribution in [1.82, 2.24) is 34.5 Å². The lowest BCUT2D eigenvalue weighted by atomic mass is 10.0. The van der Waals surface area contributed by atoms with Crippen LogP contribution in [0.15, 0.2) is 24.4 Å². The van der Waals surface area contributed by atoms with E-state index in [0.717, 1.165) is 11.1 Å². The summed E-state index contributed by atoms with van der Waals surface area (Å²) in [5.74, 6) is -1.88. The summed E-state index contributed by atoms with van der Waals surface area (Å²) in [5, 5.41) is 15.0. The molecule has 4 heterocycles. The minimum Gasteiger partial charge on any atom is -0.479 e. The number of amides is 1. The van der Waals surface area contributed by atoms with Crippen molar-refractivity contribution in [3.63, 3.8) is 0 Å². The zero-order valence-corrected chi connectivity index (χ0v) is 19.5. The number of alkyl halides is 3. The smallest absolute Gasteiger partial charge is 0.244 e. The molecular weight excluding hydrogens is 496 g/mol. The summed E-state index contributed by atoms with van der Waals surface area (Å²) in [6.45, 7) is -3.33. The van der Waals surface area contributed by atoms with E-state index in [1.54, 1.807) is 18.2 Å². The molecule has 3 aromatic heterocycles. The van der Waals surface area contributed by atoms with Crippen LogP contribution in [0.1, 0.15) is 23.8 Å². The van der Waals surface area contributed by atoms with Crippen LogP contribution in [0, 0.1) is 5.82 Å². The number of benzene rings is 1. The number of nitrogens with one attached hydrogen (secondary N) is 1. The summed E-state index contributed by atoms with van der Waals surface area (Å²) < 4.78 is 85.3. The summed E-state index contributed by atoms with van der Waals surface area (Å²) in [4.78, 5) is 17.2. The van der Waals surface area contributed by atoms with Crippen molar-refractivity contribution in [3.05, 3.63) is 30.2 Å². The number of piperidine rings is 1. The highest BCUT2D eigenvalue weighted by molar-refractivity contribution is 5.89. The first-order chi connectivity index (χ1) is 19.0. The molecular formula is C23H24F4N8O2. The number of rotatable bonds is 7. The number of methoxy groups -OCH3 is 1. The molecule has 0 radical (unpaired) electrons. The molecule has 5 rings (SSSR count). The molecule has 1 aliphatic rings. The van der Waals surface area contributed by atoms with E-state index in [-0.39, 0.29) is 42.4 Å². The highest BCUT2D eigenvalue weighted by Gasteiger charge is 2.31. The third-order valence-corrected chi connectivity index (χ3v) is 6.25. The van der Waals surface area contributed by atoms with Crippen LogP contribution in [0.2, 0.25) is 0 Å². The molecule has 0 saturated carbocycles. The summed E-state index contributed by atoms with van der Waals surface area (Å²) in [6.07, 6.45) is -3.36. The number of ether oxygens (including phenoxy) is 1.